The first kappa shape index (κ1) is 19.3. The number of nitrogens with zero attached hydrogens (tertiary/aromatic N) is 1. The number of carbonyl (C=O) groups is 1. The molecule has 2 aromatic carbocycles. The number of rotatable bonds is 6. The average molecular weight is 383 g/mol. The molecule has 2 amide bonds. The second kappa shape index (κ2) is 8.94. The monoisotopic (exact) mass is 383 g/mol. The molecule has 144 valence electrons. The predicted octanol–water partition coefficient (Wildman–Crippen LogP) is 4.82. The van der Waals surface area contributed by atoms with Gasteiger partial charge in [-0.2, -0.15) is 0 Å². The minimum atomic E-state index is -0.951. The SMILES string of the molecule is CC(NC(=O)Nc1ccc(OCc2cccnc2)cc1)c1ccc(F)c(F)c1. The molecule has 1 atom stereocenters. The van der Waals surface area contributed by atoms with Crippen molar-refractivity contribution in [3.63, 3.8) is 0 Å². The lowest BCUT2D eigenvalue weighted by molar-refractivity contribution is 0.249. The van der Waals surface area contributed by atoms with Gasteiger partial charge in [0.1, 0.15) is 12.4 Å². The van der Waals surface area contributed by atoms with Gasteiger partial charge in [0, 0.05) is 23.6 Å². The van der Waals surface area contributed by atoms with Crippen LogP contribution in [0.15, 0.2) is 67.0 Å². The van der Waals surface area contributed by atoms with Crippen molar-refractivity contribution in [1.82, 2.24) is 10.3 Å². The van der Waals surface area contributed by atoms with E-state index in [1.54, 1.807) is 43.6 Å². The normalized spacial score (nSPS) is 11.5. The van der Waals surface area contributed by atoms with Crippen molar-refractivity contribution in [3.8, 4) is 5.75 Å². The van der Waals surface area contributed by atoms with E-state index in [0.29, 0.717) is 23.6 Å². The minimum absolute atomic E-state index is 0.396. The fraction of sp³-hybridized carbons (Fsp3) is 0.143. The number of hydrogen-bond acceptors (Lipinski definition) is 3. The van der Waals surface area contributed by atoms with E-state index in [1.807, 2.05) is 12.1 Å². The van der Waals surface area contributed by atoms with Gasteiger partial charge in [-0.1, -0.05) is 12.1 Å². The van der Waals surface area contributed by atoms with Gasteiger partial charge in [-0.25, -0.2) is 13.6 Å². The zero-order chi connectivity index (χ0) is 19.9. The lowest BCUT2D eigenvalue weighted by Gasteiger charge is -2.15. The number of aromatic nitrogens is 1. The van der Waals surface area contributed by atoms with E-state index >= 15 is 0 Å². The van der Waals surface area contributed by atoms with Crippen molar-refractivity contribution in [2.45, 2.75) is 19.6 Å². The highest BCUT2D eigenvalue weighted by molar-refractivity contribution is 5.89. The molecule has 7 heteroatoms. The summed E-state index contributed by atoms with van der Waals surface area (Å²) in [6, 6.07) is 13.2. The molecule has 1 heterocycles. The molecule has 5 nitrogen and oxygen atoms in total. The summed E-state index contributed by atoms with van der Waals surface area (Å²) >= 11 is 0. The second-order valence-corrected chi connectivity index (χ2v) is 6.17. The number of pyridine rings is 1. The molecule has 0 saturated heterocycles. The zero-order valence-corrected chi connectivity index (χ0v) is 15.2. The molecular weight excluding hydrogens is 364 g/mol. The van der Waals surface area contributed by atoms with Crippen LogP contribution in [0.3, 0.4) is 0 Å². The lowest BCUT2D eigenvalue weighted by atomic mass is 10.1. The Balaban J connectivity index is 1.51. The van der Waals surface area contributed by atoms with E-state index < -0.39 is 23.7 Å². The summed E-state index contributed by atoms with van der Waals surface area (Å²) in [5, 5.41) is 5.36. The lowest BCUT2D eigenvalue weighted by Crippen LogP contribution is -2.31. The van der Waals surface area contributed by atoms with Gasteiger partial charge in [0.2, 0.25) is 0 Å². The highest BCUT2D eigenvalue weighted by atomic mass is 19.2. The number of carbonyl (C=O) groups excluding carboxylic acids is 1. The maximum atomic E-state index is 13.3. The minimum Gasteiger partial charge on any atom is -0.489 e. The molecule has 0 fully saturated rings. The van der Waals surface area contributed by atoms with Crippen LogP contribution in [0.25, 0.3) is 0 Å². The Kier molecular flexibility index (Phi) is 6.16. The molecule has 1 aromatic heterocycles. The first-order chi connectivity index (χ1) is 13.5. The van der Waals surface area contributed by atoms with Crippen LogP contribution < -0.4 is 15.4 Å². The van der Waals surface area contributed by atoms with E-state index in [-0.39, 0.29) is 0 Å². The molecule has 3 aromatic rings. The third kappa shape index (κ3) is 5.26. The third-order valence-corrected chi connectivity index (χ3v) is 4.03. The maximum absolute atomic E-state index is 13.3. The Hall–Kier alpha value is -3.48. The van der Waals surface area contributed by atoms with Gasteiger partial charge in [-0.05, 0) is 55.0 Å². The summed E-state index contributed by atoms with van der Waals surface area (Å²) in [6.07, 6.45) is 3.43. The molecule has 0 saturated carbocycles. The molecule has 1 unspecified atom stereocenters. The van der Waals surface area contributed by atoms with Crippen LogP contribution in [-0.4, -0.2) is 11.0 Å². The third-order valence-electron chi connectivity index (χ3n) is 4.03. The van der Waals surface area contributed by atoms with Gasteiger partial charge in [0.05, 0.1) is 6.04 Å². The van der Waals surface area contributed by atoms with Crippen molar-refractivity contribution in [2.24, 2.45) is 0 Å². The van der Waals surface area contributed by atoms with Gasteiger partial charge in [0.15, 0.2) is 11.6 Å². The van der Waals surface area contributed by atoms with E-state index in [2.05, 4.69) is 15.6 Å². The number of nitrogens with one attached hydrogen (secondary N) is 2. The summed E-state index contributed by atoms with van der Waals surface area (Å²) in [6.45, 7) is 2.08. The molecule has 28 heavy (non-hydrogen) atoms. The van der Waals surface area contributed by atoms with Crippen molar-refractivity contribution in [1.29, 1.82) is 0 Å². The van der Waals surface area contributed by atoms with Crippen LogP contribution in [0.5, 0.6) is 5.75 Å². The highest BCUT2D eigenvalue weighted by Crippen LogP contribution is 2.18. The largest absolute Gasteiger partial charge is 0.489 e. The van der Waals surface area contributed by atoms with E-state index in [0.717, 1.165) is 17.7 Å². The van der Waals surface area contributed by atoms with Crippen LogP contribution in [0.1, 0.15) is 24.1 Å². The molecule has 0 aliphatic heterocycles. The summed E-state index contributed by atoms with van der Waals surface area (Å²) in [5.74, 6) is -1.22. The predicted molar refractivity (Wildman–Crippen MR) is 102 cm³/mol. The number of benzene rings is 2. The van der Waals surface area contributed by atoms with E-state index in [1.165, 1.54) is 6.07 Å². The molecule has 2 N–H and O–H groups in total. The zero-order valence-electron chi connectivity index (χ0n) is 15.2. The van der Waals surface area contributed by atoms with E-state index in [4.69, 9.17) is 4.74 Å². The smallest absolute Gasteiger partial charge is 0.319 e. The van der Waals surface area contributed by atoms with Crippen LogP contribution >= 0.6 is 0 Å². The second-order valence-electron chi connectivity index (χ2n) is 6.17. The van der Waals surface area contributed by atoms with Gasteiger partial charge in [-0.15, -0.1) is 0 Å². The number of hydrogen-bond donors (Lipinski definition) is 2. The molecule has 0 aliphatic rings. The number of urea groups is 1. The Morgan fingerprint density at radius 3 is 2.57 bits per heavy atom. The van der Waals surface area contributed by atoms with Gasteiger partial charge in [0.25, 0.3) is 0 Å². The highest BCUT2D eigenvalue weighted by Gasteiger charge is 2.12. The fourth-order valence-corrected chi connectivity index (χ4v) is 2.51. The molecule has 0 aliphatic carbocycles. The molecule has 3 rings (SSSR count). The number of ether oxygens (including phenoxy) is 1. The summed E-state index contributed by atoms with van der Waals surface area (Å²) in [4.78, 5) is 16.1. The average Bonchev–Trinajstić information content (AvgIpc) is 2.70. The van der Waals surface area contributed by atoms with Crippen molar-refractivity contribution in [3.05, 3.63) is 89.8 Å². The summed E-state index contributed by atoms with van der Waals surface area (Å²) < 4.78 is 32.0. The van der Waals surface area contributed by atoms with Crippen molar-refractivity contribution < 1.29 is 18.3 Å². The van der Waals surface area contributed by atoms with Gasteiger partial charge >= 0.3 is 6.03 Å². The van der Waals surface area contributed by atoms with Crippen LogP contribution in [0.2, 0.25) is 0 Å². The van der Waals surface area contributed by atoms with Gasteiger partial charge in [-0.3, -0.25) is 4.98 Å². The van der Waals surface area contributed by atoms with Crippen molar-refractivity contribution in [2.75, 3.05) is 5.32 Å². The maximum Gasteiger partial charge on any atom is 0.319 e. The van der Waals surface area contributed by atoms with E-state index in [9.17, 15) is 13.6 Å². The van der Waals surface area contributed by atoms with Crippen LogP contribution in [-0.2, 0) is 6.61 Å². The van der Waals surface area contributed by atoms with Crippen LogP contribution in [0.4, 0.5) is 19.3 Å². The first-order valence-corrected chi connectivity index (χ1v) is 8.65. The Morgan fingerprint density at radius 1 is 1.11 bits per heavy atom. The summed E-state index contributed by atoms with van der Waals surface area (Å²) in [7, 11) is 0. The molecule has 0 radical (unpaired) electrons. The molecular formula is C21H19F2N3O2. The topological polar surface area (TPSA) is 63.2 Å². The Bertz CT molecular complexity index is 934. The summed E-state index contributed by atoms with van der Waals surface area (Å²) in [5.41, 5.74) is 1.99. The number of amides is 2. The molecule has 0 bridgehead atoms. The standard InChI is InChI=1S/C21H19F2N3O2/c1-14(16-4-9-19(22)20(23)11-16)25-21(27)26-17-5-7-18(8-6-17)28-13-15-3-2-10-24-12-15/h2-12,14H,13H2,1H3,(H2,25,26,27). The Morgan fingerprint density at radius 2 is 1.89 bits per heavy atom. The van der Waals surface area contributed by atoms with Gasteiger partial charge < -0.3 is 15.4 Å². The Labute approximate surface area is 161 Å². The van der Waals surface area contributed by atoms with Crippen molar-refractivity contribution >= 4 is 11.7 Å². The van der Waals surface area contributed by atoms with Crippen LogP contribution in [0, 0.1) is 11.6 Å². The number of anilines is 1. The quantitative estimate of drug-likeness (QED) is 0.641. The fourth-order valence-electron chi connectivity index (χ4n) is 2.51. The number of halogens is 2. The molecule has 0 spiro atoms. The first-order valence-electron chi connectivity index (χ1n) is 8.65.